The highest BCUT2D eigenvalue weighted by atomic mass is 15.1. The first kappa shape index (κ1) is 12.4. The highest BCUT2D eigenvalue weighted by Gasteiger charge is 2.21. The van der Waals surface area contributed by atoms with Crippen molar-refractivity contribution in [2.24, 2.45) is 5.92 Å². The number of rotatable bonds is 5. The maximum absolute atomic E-state index is 3.48. The second-order valence-electron chi connectivity index (χ2n) is 5.57. The van der Waals surface area contributed by atoms with E-state index >= 15 is 0 Å². The Kier molecular flexibility index (Phi) is 5.11. The van der Waals surface area contributed by atoms with Crippen LogP contribution < -0.4 is 5.32 Å². The molecular formula is C14H28N2. The van der Waals surface area contributed by atoms with Crippen LogP contribution in [0.1, 0.15) is 51.9 Å². The lowest BCUT2D eigenvalue weighted by molar-refractivity contribution is 0.155. The Morgan fingerprint density at radius 1 is 1.12 bits per heavy atom. The van der Waals surface area contributed by atoms with Crippen LogP contribution in [0.5, 0.6) is 0 Å². The predicted octanol–water partition coefficient (Wildman–Crippen LogP) is 2.64. The third kappa shape index (κ3) is 3.46. The summed E-state index contributed by atoms with van der Waals surface area (Å²) in [4.78, 5) is 2.75. The fourth-order valence-electron chi connectivity index (χ4n) is 3.35. The normalized spacial score (nSPS) is 27.8. The molecule has 0 amide bonds. The lowest BCUT2D eigenvalue weighted by Crippen LogP contribution is -2.38. The summed E-state index contributed by atoms with van der Waals surface area (Å²) in [7, 11) is 0. The molecule has 2 rings (SSSR count). The SMILES string of the molecule is CCN(CCC1CCNC1)C1CCCCC1. The van der Waals surface area contributed by atoms with Gasteiger partial charge in [-0.1, -0.05) is 26.2 Å². The van der Waals surface area contributed by atoms with E-state index < -0.39 is 0 Å². The minimum Gasteiger partial charge on any atom is -0.316 e. The number of nitrogens with zero attached hydrogens (tertiary/aromatic N) is 1. The summed E-state index contributed by atoms with van der Waals surface area (Å²) in [5, 5.41) is 3.48. The molecule has 1 unspecified atom stereocenters. The first-order chi connectivity index (χ1) is 7.90. The van der Waals surface area contributed by atoms with Crippen LogP contribution in [-0.2, 0) is 0 Å². The van der Waals surface area contributed by atoms with Crippen LogP contribution in [0, 0.1) is 5.92 Å². The van der Waals surface area contributed by atoms with E-state index in [1.165, 1.54) is 71.1 Å². The monoisotopic (exact) mass is 224 g/mol. The van der Waals surface area contributed by atoms with Gasteiger partial charge in [0.25, 0.3) is 0 Å². The van der Waals surface area contributed by atoms with Gasteiger partial charge in [-0.15, -0.1) is 0 Å². The standard InChI is InChI=1S/C14H28N2/c1-2-16(14-6-4-3-5-7-14)11-9-13-8-10-15-12-13/h13-15H,2-12H2,1H3. The number of nitrogens with one attached hydrogen (secondary N) is 1. The largest absolute Gasteiger partial charge is 0.316 e. The van der Waals surface area contributed by atoms with Crippen LogP contribution in [0.2, 0.25) is 0 Å². The molecule has 1 saturated heterocycles. The fraction of sp³-hybridized carbons (Fsp3) is 1.00. The Hall–Kier alpha value is -0.0800. The summed E-state index contributed by atoms with van der Waals surface area (Å²) in [5.74, 6) is 0.956. The molecule has 2 fully saturated rings. The molecule has 16 heavy (non-hydrogen) atoms. The molecule has 0 radical (unpaired) electrons. The van der Waals surface area contributed by atoms with Gasteiger partial charge in [0.15, 0.2) is 0 Å². The average molecular weight is 224 g/mol. The van der Waals surface area contributed by atoms with Gasteiger partial charge in [0.05, 0.1) is 0 Å². The Bertz CT molecular complexity index is 181. The van der Waals surface area contributed by atoms with E-state index in [0.29, 0.717) is 0 Å². The maximum atomic E-state index is 3.48. The summed E-state index contributed by atoms with van der Waals surface area (Å²) in [6, 6.07) is 0.910. The molecule has 0 aromatic heterocycles. The second kappa shape index (κ2) is 6.61. The Morgan fingerprint density at radius 3 is 2.56 bits per heavy atom. The van der Waals surface area contributed by atoms with Gasteiger partial charge < -0.3 is 10.2 Å². The van der Waals surface area contributed by atoms with Crippen LogP contribution in [0.15, 0.2) is 0 Å². The van der Waals surface area contributed by atoms with Gasteiger partial charge >= 0.3 is 0 Å². The van der Waals surface area contributed by atoms with Gasteiger partial charge in [0, 0.05) is 6.04 Å². The molecule has 2 heteroatoms. The molecule has 94 valence electrons. The zero-order valence-corrected chi connectivity index (χ0v) is 10.9. The van der Waals surface area contributed by atoms with Gasteiger partial charge in [-0.3, -0.25) is 0 Å². The summed E-state index contributed by atoms with van der Waals surface area (Å²) < 4.78 is 0. The Labute approximate surface area is 101 Å². The molecular weight excluding hydrogens is 196 g/mol. The maximum Gasteiger partial charge on any atom is 0.00951 e. The summed E-state index contributed by atoms with van der Waals surface area (Å²) in [6.07, 6.45) is 10.1. The van der Waals surface area contributed by atoms with Crippen molar-refractivity contribution in [2.75, 3.05) is 26.2 Å². The quantitative estimate of drug-likeness (QED) is 0.772. The van der Waals surface area contributed by atoms with E-state index in [0.717, 1.165) is 12.0 Å². The topological polar surface area (TPSA) is 15.3 Å². The van der Waals surface area contributed by atoms with Gasteiger partial charge in [-0.2, -0.15) is 0 Å². The second-order valence-corrected chi connectivity index (χ2v) is 5.57. The van der Waals surface area contributed by atoms with Crippen LogP contribution in [0.3, 0.4) is 0 Å². The van der Waals surface area contributed by atoms with Crippen molar-refractivity contribution in [1.29, 1.82) is 0 Å². The third-order valence-electron chi connectivity index (χ3n) is 4.48. The van der Waals surface area contributed by atoms with Crippen molar-refractivity contribution in [3.63, 3.8) is 0 Å². The Morgan fingerprint density at radius 2 is 1.94 bits per heavy atom. The molecule has 2 aliphatic rings. The van der Waals surface area contributed by atoms with Gasteiger partial charge in [-0.25, -0.2) is 0 Å². The highest BCUT2D eigenvalue weighted by molar-refractivity contribution is 4.78. The molecule has 0 spiro atoms. The van der Waals surface area contributed by atoms with E-state index in [-0.39, 0.29) is 0 Å². The summed E-state index contributed by atoms with van der Waals surface area (Å²) >= 11 is 0. The number of hydrogen-bond acceptors (Lipinski definition) is 2. The third-order valence-corrected chi connectivity index (χ3v) is 4.48. The van der Waals surface area contributed by atoms with E-state index in [1.54, 1.807) is 0 Å². The molecule has 1 aliphatic carbocycles. The van der Waals surface area contributed by atoms with Crippen LogP contribution in [0.4, 0.5) is 0 Å². The van der Waals surface area contributed by atoms with E-state index in [2.05, 4.69) is 17.1 Å². The zero-order chi connectivity index (χ0) is 11.2. The van der Waals surface area contributed by atoms with E-state index in [1.807, 2.05) is 0 Å². The van der Waals surface area contributed by atoms with Crippen molar-refractivity contribution in [1.82, 2.24) is 10.2 Å². The average Bonchev–Trinajstić information content (AvgIpc) is 2.84. The van der Waals surface area contributed by atoms with Crippen molar-refractivity contribution >= 4 is 0 Å². The van der Waals surface area contributed by atoms with Crippen LogP contribution in [-0.4, -0.2) is 37.1 Å². The molecule has 1 atom stereocenters. The van der Waals surface area contributed by atoms with E-state index in [9.17, 15) is 0 Å². The van der Waals surface area contributed by atoms with Gasteiger partial charge in [0.1, 0.15) is 0 Å². The van der Waals surface area contributed by atoms with Gasteiger partial charge in [-0.05, 0) is 57.8 Å². The van der Waals surface area contributed by atoms with E-state index in [4.69, 9.17) is 0 Å². The highest BCUT2D eigenvalue weighted by Crippen LogP contribution is 2.23. The minimum absolute atomic E-state index is 0.910. The first-order valence-corrected chi connectivity index (χ1v) is 7.35. The smallest absolute Gasteiger partial charge is 0.00951 e. The Balaban J connectivity index is 1.70. The summed E-state index contributed by atoms with van der Waals surface area (Å²) in [5.41, 5.74) is 0. The summed E-state index contributed by atoms with van der Waals surface area (Å²) in [6.45, 7) is 7.45. The first-order valence-electron chi connectivity index (χ1n) is 7.35. The molecule has 0 aromatic carbocycles. The van der Waals surface area contributed by atoms with Crippen molar-refractivity contribution in [3.05, 3.63) is 0 Å². The predicted molar refractivity (Wildman–Crippen MR) is 69.7 cm³/mol. The zero-order valence-electron chi connectivity index (χ0n) is 10.9. The molecule has 1 aliphatic heterocycles. The number of hydrogen-bond donors (Lipinski definition) is 1. The molecule has 1 N–H and O–H groups in total. The lowest BCUT2D eigenvalue weighted by Gasteiger charge is -2.34. The minimum atomic E-state index is 0.910. The molecule has 2 nitrogen and oxygen atoms in total. The molecule has 1 saturated carbocycles. The van der Waals surface area contributed by atoms with Crippen LogP contribution >= 0.6 is 0 Å². The van der Waals surface area contributed by atoms with Crippen molar-refractivity contribution in [2.45, 2.75) is 57.9 Å². The van der Waals surface area contributed by atoms with Crippen molar-refractivity contribution < 1.29 is 0 Å². The van der Waals surface area contributed by atoms with Crippen LogP contribution in [0.25, 0.3) is 0 Å². The molecule has 1 heterocycles. The molecule has 0 bridgehead atoms. The van der Waals surface area contributed by atoms with Crippen molar-refractivity contribution in [3.8, 4) is 0 Å². The van der Waals surface area contributed by atoms with Gasteiger partial charge in [0.2, 0.25) is 0 Å². The lowest BCUT2D eigenvalue weighted by atomic mass is 9.93. The fourth-order valence-corrected chi connectivity index (χ4v) is 3.35. The molecule has 0 aromatic rings.